The minimum atomic E-state index is -0.515. The Morgan fingerprint density at radius 3 is 1.92 bits per heavy atom. The second-order valence-electron chi connectivity index (χ2n) is 11.8. The number of rotatable bonds is 5. The van der Waals surface area contributed by atoms with Crippen LogP contribution in [0.1, 0.15) is 12.3 Å². The number of nitrogens with zero attached hydrogens (tertiary/aromatic N) is 4. The van der Waals surface area contributed by atoms with Crippen molar-refractivity contribution in [3.8, 4) is 51.0 Å². The Balaban J connectivity index is 1.27. The van der Waals surface area contributed by atoms with Crippen molar-refractivity contribution in [1.29, 1.82) is 0 Å². The van der Waals surface area contributed by atoms with Crippen LogP contribution in [0.3, 0.4) is 0 Å². The molecule has 0 amide bonds. The summed E-state index contributed by atoms with van der Waals surface area (Å²) in [6.07, 6.45) is 0. The molecule has 0 spiro atoms. The molecule has 0 radical (unpaired) electrons. The molecule has 0 aliphatic carbocycles. The fraction of sp³-hybridized carbons (Fsp3) is 0. The smallest absolute Gasteiger partial charge is 0.238 e. The van der Waals surface area contributed by atoms with E-state index in [2.05, 4.69) is 12.1 Å². The number of fused-ring (bicyclic) bond motifs is 6. The Hall–Kier alpha value is -6.43. The van der Waals surface area contributed by atoms with Crippen molar-refractivity contribution in [2.45, 2.75) is 0 Å². The lowest BCUT2D eigenvalue weighted by molar-refractivity contribution is 0.954. The van der Waals surface area contributed by atoms with Gasteiger partial charge in [-0.3, -0.25) is 4.57 Å². The van der Waals surface area contributed by atoms with E-state index >= 15 is 0 Å². The van der Waals surface area contributed by atoms with E-state index in [1.807, 2.05) is 84.9 Å². The third-order valence-corrected chi connectivity index (χ3v) is 10.0. The predicted molar refractivity (Wildman–Crippen MR) is 209 cm³/mol. The van der Waals surface area contributed by atoms with Crippen LogP contribution in [0.2, 0.25) is 0 Å². The zero-order valence-electron chi connectivity index (χ0n) is 35.2. The molecule has 3 aromatic heterocycles. The van der Waals surface area contributed by atoms with Crippen LogP contribution < -0.4 is 0 Å². The van der Waals surface area contributed by atoms with Crippen LogP contribution in [0.15, 0.2) is 170 Å². The Labute approximate surface area is 305 Å². The number of hydrogen-bond acceptors (Lipinski definition) is 4. The molecule has 0 fully saturated rings. The molecule has 0 bridgehead atoms. The van der Waals surface area contributed by atoms with E-state index in [4.69, 9.17) is 25.9 Å². The van der Waals surface area contributed by atoms with E-state index in [1.54, 1.807) is 34.1 Å². The molecule has 3 heterocycles. The lowest BCUT2D eigenvalue weighted by Crippen LogP contribution is -2.06. The molecule has 5 heteroatoms. The van der Waals surface area contributed by atoms with Crippen LogP contribution in [-0.4, -0.2) is 19.5 Å². The van der Waals surface area contributed by atoms with Crippen molar-refractivity contribution >= 4 is 53.3 Å². The molecule has 50 heavy (non-hydrogen) atoms. The van der Waals surface area contributed by atoms with Gasteiger partial charge in [-0.2, -0.15) is 9.97 Å². The maximum atomic E-state index is 9.19. The molecular weight excluding hydrogens is 629 g/mol. The molecule has 4 nitrogen and oxygen atoms in total. The van der Waals surface area contributed by atoms with Crippen LogP contribution in [-0.2, 0) is 0 Å². The first-order chi connectivity index (χ1) is 28.5. The molecule has 7 aromatic carbocycles. The van der Waals surface area contributed by atoms with Crippen molar-refractivity contribution < 1.29 is 12.3 Å². The highest BCUT2D eigenvalue weighted by Gasteiger charge is 2.19. The lowest BCUT2D eigenvalue weighted by atomic mass is 10.0. The number of aromatic nitrogens is 4. The minimum Gasteiger partial charge on any atom is -0.278 e. The van der Waals surface area contributed by atoms with Gasteiger partial charge in [-0.1, -0.05) is 145 Å². The number of hydrogen-bond donors (Lipinski definition) is 0. The Morgan fingerprint density at radius 1 is 0.420 bits per heavy atom. The van der Waals surface area contributed by atoms with Crippen molar-refractivity contribution in [3.05, 3.63) is 170 Å². The van der Waals surface area contributed by atoms with Gasteiger partial charge < -0.3 is 0 Å². The largest absolute Gasteiger partial charge is 0.278 e. The van der Waals surface area contributed by atoms with Gasteiger partial charge in [0, 0.05) is 42.1 Å². The second kappa shape index (κ2) is 11.6. The quantitative estimate of drug-likeness (QED) is 0.184. The topological polar surface area (TPSA) is 43.6 Å². The molecule has 10 aromatic rings. The molecule has 0 N–H and O–H groups in total. The standard InChI is InChI=1S/C45H28N4S/c1-3-11-29(12-4-1)31-19-21-32(22-20-31)43-46-44(34-24-26-38-37-16-8-10-18-41(37)50-42(38)28-34)48-45(47-43)49-39-17-9-7-15-35(39)36-25-23-33(27-40(36)49)30-13-5-2-6-14-30/h1-28H/i2D,5D,6D,7D,9D,13D,14D,15D,17D. The van der Waals surface area contributed by atoms with Gasteiger partial charge in [-0.25, -0.2) is 4.98 Å². The van der Waals surface area contributed by atoms with Gasteiger partial charge in [0.1, 0.15) is 0 Å². The molecule has 0 aliphatic heterocycles. The monoisotopic (exact) mass is 665 g/mol. The van der Waals surface area contributed by atoms with Gasteiger partial charge >= 0.3 is 0 Å². The summed E-state index contributed by atoms with van der Waals surface area (Å²) in [7, 11) is 0. The number of benzene rings is 7. The van der Waals surface area contributed by atoms with Gasteiger partial charge in [0.2, 0.25) is 5.95 Å². The first-order valence-electron chi connectivity index (χ1n) is 20.5. The zero-order chi connectivity index (χ0) is 40.9. The minimum absolute atomic E-state index is 0.0265. The molecule has 0 saturated heterocycles. The molecule has 0 unspecified atom stereocenters. The number of thiophene rings is 1. The van der Waals surface area contributed by atoms with Crippen LogP contribution in [0.5, 0.6) is 0 Å². The summed E-state index contributed by atoms with van der Waals surface area (Å²) in [6.45, 7) is 0. The highest BCUT2D eigenvalue weighted by atomic mass is 32.1. The van der Waals surface area contributed by atoms with E-state index in [-0.39, 0.29) is 52.1 Å². The molecule has 0 atom stereocenters. The highest BCUT2D eigenvalue weighted by Crippen LogP contribution is 2.38. The van der Waals surface area contributed by atoms with Crippen LogP contribution in [0.4, 0.5) is 0 Å². The highest BCUT2D eigenvalue weighted by molar-refractivity contribution is 7.25. The summed E-state index contributed by atoms with van der Waals surface area (Å²) < 4.78 is 81.5. The molecule has 234 valence electrons. The summed E-state index contributed by atoms with van der Waals surface area (Å²) in [5, 5.41) is 2.90. The van der Waals surface area contributed by atoms with Crippen molar-refractivity contribution in [1.82, 2.24) is 19.5 Å². The first kappa shape index (κ1) is 20.8. The van der Waals surface area contributed by atoms with Crippen LogP contribution >= 0.6 is 11.3 Å². The van der Waals surface area contributed by atoms with E-state index in [0.717, 1.165) is 31.3 Å². The van der Waals surface area contributed by atoms with Crippen molar-refractivity contribution in [2.24, 2.45) is 0 Å². The zero-order valence-corrected chi connectivity index (χ0v) is 27.0. The summed E-state index contributed by atoms with van der Waals surface area (Å²) in [6, 6.07) is 33.2. The van der Waals surface area contributed by atoms with E-state index in [0.29, 0.717) is 33.7 Å². The average Bonchev–Trinajstić information content (AvgIpc) is 3.82. The van der Waals surface area contributed by atoms with Gasteiger partial charge in [0.25, 0.3) is 0 Å². The van der Waals surface area contributed by atoms with Gasteiger partial charge in [0.15, 0.2) is 11.6 Å². The number of para-hydroxylation sites is 1. The van der Waals surface area contributed by atoms with Crippen molar-refractivity contribution in [2.75, 3.05) is 0 Å². The summed E-state index contributed by atoms with van der Waals surface area (Å²) >= 11 is 1.66. The van der Waals surface area contributed by atoms with E-state index in [9.17, 15) is 1.37 Å². The maximum absolute atomic E-state index is 9.19. The Kier molecular flexibility index (Phi) is 4.84. The van der Waals surface area contributed by atoms with Gasteiger partial charge in [-0.05, 0) is 46.5 Å². The Morgan fingerprint density at radius 2 is 1.06 bits per heavy atom. The second-order valence-corrected chi connectivity index (χ2v) is 12.9. The maximum Gasteiger partial charge on any atom is 0.238 e. The summed E-state index contributed by atoms with van der Waals surface area (Å²) in [5.74, 6) is 0.713. The first-order valence-corrected chi connectivity index (χ1v) is 16.8. The molecule has 0 aliphatic rings. The summed E-state index contributed by atoms with van der Waals surface area (Å²) in [5.41, 5.74) is 4.15. The third-order valence-electron chi connectivity index (χ3n) is 8.90. The van der Waals surface area contributed by atoms with Crippen LogP contribution in [0, 0.1) is 0 Å². The molecule has 10 rings (SSSR count). The normalized spacial score (nSPS) is 14.1. The Bertz CT molecular complexity index is 3350. The average molecular weight is 666 g/mol. The van der Waals surface area contributed by atoms with E-state index < -0.39 is 30.2 Å². The van der Waals surface area contributed by atoms with Crippen LogP contribution in [0.25, 0.3) is 93.0 Å². The third kappa shape index (κ3) is 4.79. The molecular formula is C45H28N4S. The van der Waals surface area contributed by atoms with Gasteiger partial charge in [-0.15, -0.1) is 11.3 Å². The van der Waals surface area contributed by atoms with E-state index in [1.165, 1.54) is 0 Å². The lowest BCUT2D eigenvalue weighted by Gasteiger charge is -2.12. The SMILES string of the molecule is [2H]c1c([2H])c([2H])c(-c2ccc3c4c([2H])c([2H])c([2H])c([2H])c4n(-c4nc(-c5ccc(-c6ccccc6)cc5)nc(-c5ccc6c(c5)sc5ccccc56)n4)c3c2)c([2H])c1[2H]. The van der Waals surface area contributed by atoms with Gasteiger partial charge in [0.05, 0.1) is 23.4 Å². The summed E-state index contributed by atoms with van der Waals surface area (Å²) in [4.78, 5) is 15.0. The predicted octanol–water partition coefficient (Wildman–Crippen LogP) is 12.0. The fourth-order valence-electron chi connectivity index (χ4n) is 6.50. The fourth-order valence-corrected chi connectivity index (χ4v) is 7.65. The molecule has 0 saturated carbocycles. The van der Waals surface area contributed by atoms with Crippen molar-refractivity contribution in [3.63, 3.8) is 0 Å².